The summed E-state index contributed by atoms with van der Waals surface area (Å²) in [6, 6.07) is 2.07. The number of hydrogen-bond donors (Lipinski definition) is 1. The van der Waals surface area contributed by atoms with Gasteiger partial charge in [0.25, 0.3) is 0 Å². The van der Waals surface area contributed by atoms with Crippen LogP contribution in [0.2, 0.25) is 0 Å². The molecule has 0 aliphatic carbocycles. The fourth-order valence-corrected chi connectivity index (χ4v) is 1.38. The minimum atomic E-state index is -0.622. The molecular weight excluding hydrogens is 162 g/mol. The van der Waals surface area contributed by atoms with Crippen molar-refractivity contribution in [1.82, 2.24) is 0 Å². The highest BCUT2D eigenvalue weighted by Gasteiger charge is 2.18. The van der Waals surface area contributed by atoms with Gasteiger partial charge in [0.1, 0.15) is 0 Å². The van der Waals surface area contributed by atoms with E-state index in [-0.39, 0.29) is 0 Å². The zero-order valence-electron chi connectivity index (χ0n) is 8.84. The minimum Gasteiger partial charge on any atom is -0.390 e. The number of rotatable bonds is 7. The third-order valence-corrected chi connectivity index (χ3v) is 2.34. The molecule has 0 heterocycles. The molecule has 0 spiro atoms. The molecule has 0 rings (SSSR count). The van der Waals surface area contributed by atoms with Gasteiger partial charge in [0, 0.05) is 6.42 Å². The summed E-state index contributed by atoms with van der Waals surface area (Å²) in [6.45, 7) is 4.00. The zero-order chi connectivity index (χ0) is 10.2. The summed E-state index contributed by atoms with van der Waals surface area (Å²) in [5.41, 5.74) is -0.622. The zero-order valence-corrected chi connectivity index (χ0v) is 8.84. The van der Waals surface area contributed by atoms with Gasteiger partial charge in [-0.1, -0.05) is 32.6 Å². The second-order valence-electron chi connectivity index (χ2n) is 3.97. The van der Waals surface area contributed by atoms with E-state index < -0.39 is 5.60 Å². The van der Waals surface area contributed by atoms with E-state index in [1.807, 2.05) is 6.92 Å². The summed E-state index contributed by atoms with van der Waals surface area (Å²) in [6.07, 6.45) is 6.63. The molecule has 2 heteroatoms. The summed E-state index contributed by atoms with van der Waals surface area (Å²) in [4.78, 5) is 0. The van der Waals surface area contributed by atoms with Crippen molar-refractivity contribution in [3.05, 3.63) is 0 Å². The smallest absolute Gasteiger partial charge is 0.0629 e. The second-order valence-corrected chi connectivity index (χ2v) is 3.97. The molecule has 0 aromatic carbocycles. The van der Waals surface area contributed by atoms with Crippen molar-refractivity contribution in [2.45, 2.75) is 64.4 Å². The highest BCUT2D eigenvalue weighted by molar-refractivity contribution is 4.79. The standard InChI is InChI=1S/C11H21NO/c1-3-4-5-6-8-11(2,13)9-7-10-12/h13H,3-9H2,1-2H3. The first-order chi connectivity index (χ1) is 6.12. The number of nitriles is 1. The quantitative estimate of drug-likeness (QED) is 0.616. The Bertz CT molecular complexity index is 158. The topological polar surface area (TPSA) is 44.0 Å². The van der Waals surface area contributed by atoms with Crippen LogP contribution in [0.25, 0.3) is 0 Å². The Morgan fingerprint density at radius 3 is 2.46 bits per heavy atom. The summed E-state index contributed by atoms with van der Waals surface area (Å²) in [5, 5.41) is 18.2. The Hall–Kier alpha value is -0.550. The number of hydrogen-bond acceptors (Lipinski definition) is 2. The van der Waals surface area contributed by atoms with Crippen LogP contribution < -0.4 is 0 Å². The maximum absolute atomic E-state index is 9.79. The maximum atomic E-state index is 9.79. The average molecular weight is 183 g/mol. The van der Waals surface area contributed by atoms with Gasteiger partial charge in [-0.05, 0) is 19.8 Å². The molecule has 1 unspecified atom stereocenters. The number of aliphatic hydroxyl groups is 1. The van der Waals surface area contributed by atoms with Crippen molar-refractivity contribution in [2.75, 3.05) is 0 Å². The minimum absolute atomic E-state index is 0.459. The van der Waals surface area contributed by atoms with Gasteiger partial charge in [0.05, 0.1) is 11.7 Å². The molecule has 0 aromatic heterocycles. The molecule has 0 radical (unpaired) electrons. The van der Waals surface area contributed by atoms with Crippen molar-refractivity contribution in [2.24, 2.45) is 0 Å². The summed E-state index contributed by atoms with van der Waals surface area (Å²) >= 11 is 0. The van der Waals surface area contributed by atoms with Gasteiger partial charge in [-0.15, -0.1) is 0 Å². The third kappa shape index (κ3) is 7.80. The van der Waals surface area contributed by atoms with E-state index in [4.69, 9.17) is 5.26 Å². The molecule has 2 nitrogen and oxygen atoms in total. The van der Waals surface area contributed by atoms with Crippen LogP contribution in [0.1, 0.15) is 58.8 Å². The molecule has 1 atom stereocenters. The molecule has 0 amide bonds. The Kier molecular flexibility index (Phi) is 6.62. The van der Waals surface area contributed by atoms with Crippen LogP contribution >= 0.6 is 0 Å². The molecule has 1 N–H and O–H groups in total. The van der Waals surface area contributed by atoms with Crippen molar-refractivity contribution < 1.29 is 5.11 Å². The largest absolute Gasteiger partial charge is 0.390 e. The summed E-state index contributed by atoms with van der Waals surface area (Å²) in [5.74, 6) is 0. The lowest BCUT2D eigenvalue weighted by molar-refractivity contribution is 0.0407. The first-order valence-electron chi connectivity index (χ1n) is 5.21. The van der Waals surface area contributed by atoms with Crippen molar-refractivity contribution in [1.29, 1.82) is 5.26 Å². The average Bonchev–Trinajstić information content (AvgIpc) is 2.09. The van der Waals surface area contributed by atoms with Crippen LogP contribution in [0.4, 0.5) is 0 Å². The van der Waals surface area contributed by atoms with Gasteiger partial charge in [0.2, 0.25) is 0 Å². The Balaban J connectivity index is 3.45. The Labute approximate surface area is 81.6 Å². The van der Waals surface area contributed by atoms with Gasteiger partial charge in [-0.3, -0.25) is 0 Å². The van der Waals surface area contributed by atoms with E-state index in [1.165, 1.54) is 19.3 Å². The predicted octanol–water partition coefficient (Wildman–Crippen LogP) is 3.01. The van der Waals surface area contributed by atoms with E-state index in [0.29, 0.717) is 12.8 Å². The summed E-state index contributed by atoms with van der Waals surface area (Å²) in [7, 11) is 0. The van der Waals surface area contributed by atoms with Crippen LogP contribution in [0, 0.1) is 11.3 Å². The van der Waals surface area contributed by atoms with E-state index in [1.54, 1.807) is 0 Å². The highest BCUT2D eigenvalue weighted by atomic mass is 16.3. The molecule has 0 saturated carbocycles. The fraction of sp³-hybridized carbons (Fsp3) is 0.909. The molecule has 13 heavy (non-hydrogen) atoms. The number of nitrogens with zero attached hydrogens (tertiary/aromatic N) is 1. The molecule has 76 valence electrons. The van der Waals surface area contributed by atoms with E-state index in [0.717, 1.165) is 12.8 Å². The van der Waals surface area contributed by atoms with Gasteiger partial charge >= 0.3 is 0 Å². The molecule has 0 bridgehead atoms. The maximum Gasteiger partial charge on any atom is 0.0629 e. The lowest BCUT2D eigenvalue weighted by Gasteiger charge is -2.21. The van der Waals surface area contributed by atoms with Gasteiger partial charge in [0.15, 0.2) is 0 Å². The van der Waals surface area contributed by atoms with Gasteiger partial charge in [-0.25, -0.2) is 0 Å². The van der Waals surface area contributed by atoms with Crippen LogP contribution in [-0.2, 0) is 0 Å². The van der Waals surface area contributed by atoms with E-state index in [9.17, 15) is 5.11 Å². The van der Waals surface area contributed by atoms with Crippen LogP contribution in [-0.4, -0.2) is 10.7 Å². The molecule has 0 saturated heterocycles. The van der Waals surface area contributed by atoms with Gasteiger partial charge < -0.3 is 5.11 Å². The highest BCUT2D eigenvalue weighted by Crippen LogP contribution is 2.20. The first kappa shape index (κ1) is 12.4. The fourth-order valence-electron chi connectivity index (χ4n) is 1.38. The summed E-state index contributed by atoms with van der Waals surface area (Å²) < 4.78 is 0. The Morgan fingerprint density at radius 1 is 1.23 bits per heavy atom. The lowest BCUT2D eigenvalue weighted by Crippen LogP contribution is -2.23. The molecule has 0 aliphatic heterocycles. The molecular formula is C11H21NO. The van der Waals surface area contributed by atoms with Crippen LogP contribution in [0.3, 0.4) is 0 Å². The van der Waals surface area contributed by atoms with Crippen molar-refractivity contribution in [3.63, 3.8) is 0 Å². The van der Waals surface area contributed by atoms with E-state index >= 15 is 0 Å². The SMILES string of the molecule is CCCCCCC(C)(O)CCC#N. The van der Waals surface area contributed by atoms with Crippen molar-refractivity contribution in [3.8, 4) is 6.07 Å². The monoisotopic (exact) mass is 183 g/mol. The second kappa shape index (κ2) is 6.91. The first-order valence-corrected chi connectivity index (χ1v) is 5.21. The van der Waals surface area contributed by atoms with Crippen LogP contribution in [0.15, 0.2) is 0 Å². The van der Waals surface area contributed by atoms with Crippen molar-refractivity contribution >= 4 is 0 Å². The lowest BCUT2D eigenvalue weighted by atomic mass is 9.93. The Morgan fingerprint density at radius 2 is 1.92 bits per heavy atom. The van der Waals surface area contributed by atoms with Gasteiger partial charge in [-0.2, -0.15) is 5.26 Å². The molecule has 0 aliphatic rings. The normalized spacial score (nSPS) is 14.9. The number of unbranched alkanes of at least 4 members (excludes halogenated alkanes) is 3. The predicted molar refractivity (Wildman–Crippen MR) is 54.2 cm³/mol. The molecule has 0 aromatic rings. The molecule has 0 fully saturated rings. The third-order valence-electron chi connectivity index (χ3n) is 2.34. The van der Waals surface area contributed by atoms with Crippen LogP contribution in [0.5, 0.6) is 0 Å². The van der Waals surface area contributed by atoms with E-state index in [2.05, 4.69) is 13.0 Å².